The van der Waals surface area contributed by atoms with Crippen LogP contribution in [0.1, 0.15) is 43.6 Å². The van der Waals surface area contributed by atoms with Crippen molar-refractivity contribution in [3.05, 3.63) is 36.4 Å². The van der Waals surface area contributed by atoms with Crippen molar-refractivity contribution < 1.29 is 4.74 Å². The van der Waals surface area contributed by atoms with E-state index in [9.17, 15) is 0 Å². The van der Waals surface area contributed by atoms with Crippen LogP contribution >= 0.6 is 12.8 Å². The molecule has 0 amide bonds. The fraction of sp³-hybridized carbons (Fsp3) is 0.545. The van der Waals surface area contributed by atoms with Crippen molar-refractivity contribution in [2.75, 3.05) is 26.3 Å². The first-order valence-electron chi connectivity index (χ1n) is 10.7. The van der Waals surface area contributed by atoms with Crippen LogP contribution in [-0.4, -0.2) is 56.0 Å². The van der Waals surface area contributed by atoms with E-state index in [1.54, 1.807) is 0 Å². The molecule has 0 radical (unpaired) electrons. The maximum atomic E-state index is 5.63. The molecule has 1 saturated heterocycles. The number of rotatable bonds is 3. The number of aromatic nitrogens is 4. The van der Waals surface area contributed by atoms with Gasteiger partial charge < -0.3 is 4.74 Å². The Bertz CT molecular complexity index is 980. The van der Waals surface area contributed by atoms with Crippen LogP contribution in [-0.2, 0) is 11.8 Å². The summed E-state index contributed by atoms with van der Waals surface area (Å²) in [6, 6.07) is 3.05. The van der Waals surface area contributed by atoms with E-state index in [2.05, 4.69) is 35.1 Å². The normalized spacial score (nSPS) is 24.1. The number of pyridine rings is 1. The van der Waals surface area contributed by atoms with E-state index in [0.29, 0.717) is 12.0 Å². The van der Waals surface area contributed by atoms with Crippen LogP contribution < -0.4 is 0 Å². The molecule has 0 atom stereocenters. The van der Waals surface area contributed by atoms with Crippen molar-refractivity contribution in [2.45, 2.75) is 44.1 Å². The second-order valence-electron chi connectivity index (χ2n) is 8.44. The second kappa shape index (κ2) is 8.13. The molecule has 0 spiro atoms. The summed E-state index contributed by atoms with van der Waals surface area (Å²) in [7, 11) is 1.95. The minimum absolute atomic E-state index is 0.594. The predicted molar refractivity (Wildman–Crippen MR) is 118 cm³/mol. The molecule has 3 aromatic rings. The lowest BCUT2D eigenvalue weighted by Gasteiger charge is -2.36. The third kappa shape index (κ3) is 3.83. The Morgan fingerprint density at radius 2 is 1.93 bits per heavy atom. The first-order chi connectivity index (χ1) is 14.2. The van der Waals surface area contributed by atoms with Crippen molar-refractivity contribution in [1.29, 1.82) is 0 Å². The Morgan fingerprint density at radius 1 is 1.07 bits per heavy atom. The average molecular weight is 412 g/mol. The predicted octanol–water partition coefficient (Wildman–Crippen LogP) is 3.88. The number of aryl methyl sites for hydroxylation is 1. The van der Waals surface area contributed by atoms with Gasteiger partial charge in [0.05, 0.1) is 12.8 Å². The highest BCUT2D eigenvalue weighted by Gasteiger charge is 2.27. The van der Waals surface area contributed by atoms with Crippen LogP contribution in [0.4, 0.5) is 0 Å². The average Bonchev–Trinajstić information content (AvgIpc) is 3.19. The Labute approximate surface area is 177 Å². The maximum absolute atomic E-state index is 5.63. The van der Waals surface area contributed by atoms with Gasteiger partial charge in [0.1, 0.15) is 5.65 Å². The Balaban J connectivity index is 1.36. The minimum Gasteiger partial charge on any atom is -0.380 e. The van der Waals surface area contributed by atoms with E-state index in [4.69, 9.17) is 9.72 Å². The van der Waals surface area contributed by atoms with Gasteiger partial charge in [0.2, 0.25) is 0 Å². The lowest BCUT2D eigenvalue weighted by atomic mass is 9.81. The summed E-state index contributed by atoms with van der Waals surface area (Å²) >= 11 is 4.58. The summed E-state index contributed by atoms with van der Waals surface area (Å²) in [4.78, 5) is 7.42. The molecule has 3 aromatic heterocycles. The van der Waals surface area contributed by atoms with Crippen molar-refractivity contribution in [3.8, 4) is 11.1 Å². The third-order valence-electron chi connectivity index (χ3n) is 6.60. The number of nitrogens with zero attached hydrogens (tertiary/aromatic N) is 5. The lowest BCUT2D eigenvalue weighted by molar-refractivity contribution is 0.118. The van der Waals surface area contributed by atoms with Crippen LogP contribution in [0.15, 0.2) is 30.9 Å². The molecular weight excluding hydrogens is 382 g/mol. The zero-order valence-electron chi connectivity index (χ0n) is 17.0. The molecule has 1 aliphatic heterocycles. The van der Waals surface area contributed by atoms with Crippen LogP contribution in [0.2, 0.25) is 0 Å². The van der Waals surface area contributed by atoms with Gasteiger partial charge in [-0.25, -0.2) is 4.98 Å². The molecule has 0 unspecified atom stereocenters. The van der Waals surface area contributed by atoms with Gasteiger partial charge in [0, 0.05) is 67.9 Å². The van der Waals surface area contributed by atoms with Crippen LogP contribution in [0, 0.1) is 0 Å². The highest BCUT2D eigenvalue weighted by molar-refractivity contribution is 7.78. The van der Waals surface area contributed by atoms with E-state index >= 15 is 0 Å². The summed E-state index contributed by atoms with van der Waals surface area (Å²) in [5.41, 5.74) is 4.53. The monoisotopic (exact) mass is 411 g/mol. The Morgan fingerprint density at radius 3 is 2.72 bits per heavy atom. The largest absolute Gasteiger partial charge is 0.380 e. The van der Waals surface area contributed by atoms with Crippen molar-refractivity contribution in [1.82, 2.24) is 23.6 Å². The van der Waals surface area contributed by atoms with Crippen molar-refractivity contribution in [3.63, 3.8) is 0 Å². The molecule has 154 valence electrons. The molecule has 0 aromatic carbocycles. The van der Waals surface area contributed by atoms with Crippen molar-refractivity contribution >= 4 is 23.8 Å². The van der Waals surface area contributed by atoms with Crippen LogP contribution in [0.25, 0.3) is 22.2 Å². The highest BCUT2D eigenvalue weighted by Crippen LogP contribution is 2.38. The standard InChI is InChI=1S/C22H29N5OS/c1-25-14-18(13-24-25)21-15-27(29)22-20(21)11-17(12-23-22)16-3-5-19(6-4-16)26-7-2-9-28-10-8-26/h11-16,19,29H,2-10H2,1H3/t16-,19-. The van der Waals surface area contributed by atoms with Gasteiger partial charge in [-0.15, -0.1) is 0 Å². The van der Waals surface area contributed by atoms with Gasteiger partial charge in [-0.3, -0.25) is 13.6 Å². The van der Waals surface area contributed by atoms with Crippen LogP contribution in [0.3, 0.4) is 0 Å². The van der Waals surface area contributed by atoms with E-state index in [-0.39, 0.29) is 0 Å². The van der Waals surface area contributed by atoms with E-state index < -0.39 is 0 Å². The minimum atomic E-state index is 0.594. The number of ether oxygens (including phenoxy) is 1. The van der Waals surface area contributed by atoms with Gasteiger partial charge in [0.15, 0.2) is 0 Å². The molecule has 6 nitrogen and oxygen atoms in total. The van der Waals surface area contributed by atoms with Gasteiger partial charge in [-0.05, 0) is 49.7 Å². The summed E-state index contributed by atoms with van der Waals surface area (Å²) in [5.74, 6) is 0.594. The topological polar surface area (TPSA) is 48.1 Å². The zero-order valence-corrected chi connectivity index (χ0v) is 17.9. The summed E-state index contributed by atoms with van der Waals surface area (Å²) in [5, 5.41) is 5.49. The molecule has 0 bridgehead atoms. The summed E-state index contributed by atoms with van der Waals surface area (Å²) < 4.78 is 9.29. The van der Waals surface area contributed by atoms with Crippen LogP contribution in [0.5, 0.6) is 0 Å². The number of hydrogen-bond donors (Lipinski definition) is 1. The first-order valence-corrected chi connectivity index (χ1v) is 11.1. The molecule has 2 aliphatic rings. The Kier molecular flexibility index (Phi) is 5.37. The molecule has 2 fully saturated rings. The molecule has 7 heteroatoms. The molecule has 1 aliphatic carbocycles. The zero-order chi connectivity index (χ0) is 19.8. The molecule has 5 rings (SSSR count). The number of hydrogen-bond acceptors (Lipinski definition) is 5. The molecule has 29 heavy (non-hydrogen) atoms. The number of thiol groups is 1. The SMILES string of the molecule is Cn1cc(-c2cn(S)c3ncc([C@H]4CC[C@H](N5CCCOCC5)CC4)cc23)cn1. The van der Waals surface area contributed by atoms with Gasteiger partial charge >= 0.3 is 0 Å². The highest BCUT2D eigenvalue weighted by atomic mass is 32.1. The molecule has 0 N–H and O–H groups in total. The molecule has 1 saturated carbocycles. The fourth-order valence-electron chi connectivity index (χ4n) is 5.03. The summed E-state index contributed by atoms with van der Waals surface area (Å²) in [6.45, 7) is 4.08. The molecule has 4 heterocycles. The third-order valence-corrected chi connectivity index (χ3v) is 6.91. The van der Waals surface area contributed by atoms with Gasteiger partial charge in [-0.2, -0.15) is 5.10 Å². The quantitative estimate of drug-likeness (QED) is 0.665. The lowest BCUT2D eigenvalue weighted by Crippen LogP contribution is -2.39. The van der Waals surface area contributed by atoms with E-state index in [0.717, 1.165) is 41.9 Å². The first kappa shape index (κ1) is 19.2. The fourth-order valence-corrected chi connectivity index (χ4v) is 5.30. The van der Waals surface area contributed by atoms with Gasteiger partial charge in [-0.1, -0.05) is 12.8 Å². The second-order valence-corrected chi connectivity index (χ2v) is 8.87. The van der Waals surface area contributed by atoms with Gasteiger partial charge in [0.25, 0.3) is 0 Å². The number of fused-ring (bicyclic) bond motifs is 1. The van der Waals surface area contributed by atoms with E-state index in [1.165, 1.54) is 44.2 Å². The summed E-state index contributed by atoms with van der Waals surface area (Å²) in [6.07, 6.45) is 14.2. The Hall–Kier alpha value is -1.83. The molecular formula is C22H29N5OS. The smallest absolute Gasteiger partial charge is 0.150 e. The van der Waals surface area contributed by atoms with Crippen molar-refractivity contribution in [2.24, 2.45) is 7.05 Å². The van der Waals surface area contributed by atoms with E-state index in [1.807, 2.05) is 34.3 Å². The maximum Gasteiger partial charge on any atom is 0.150 e.